The molecule has 0 aliphatic carbocycles. The van der Waals surface area contributed by atoms with Gasteiger partial charge in [0, 0.05) is 17.6 Å². The molecule has 2 aromatic rings. The molecular formula is C12H18N4O2S2. The molecule has 2 atom stereocenters. The molecule has 0 amide bonds. The number of hydrogen-bond donors (Lipinski definition) is 2. The average molecular weight is 314 g/mol. The molecule has 6 nitrogen and oxygen atoms in total. The maximum absolute atomic E-state index is 9.85. The Morgan fingerprint density at radius 3 is 2.95 bits per heavy atom. The first-order valence-electron chi connectivity index (χ1n) is 6.45. The SMILES string of the molecule is CCc1cnc(C(C)NCC(O)COc2cnsn2)s1. The third-order valence-electron chi connectivity index (χ3n) is 2.71. The number of hydrogen-bond acceptors (Lipinski definition) is 8. The summed E-state index contributed by atoms with van der Waals surface area (Å²) in [6.45, 7) is 4.79. The number of nitrogens with zero attached hydrogens (tertiary/aromatic N) is 3. The van der Waals surface area contributed by atoms with E-state index in [0.717, 1.165) is 23.2 Å². The second-order valence-corrected chi connectivity index (χ2v) is 6.06. The van der Waals surface area contributed by atoms with E-state index in [2.05, 4.69) is 26.0 Å². The van der Waals surface area contributed by atoms with Gasteiger partial charge in [0.05, 0.1) is 17.8 Å². The van der Waals surface area contributed by atoms with E-state index in [1.807, 2.05) is 13.1 Å². The standard InChI is InChI=1S/C12H18N4O2S2/c1-3-10-5-14-12(19-10)8(2)13-4-9(17)7-18-11-6-15-20-16-11/h5-6,8-9,13,17H,3-4,7H2,1-2H3. The third kappa shape index (κ3) is 4.48. The first kappa shape index (κ1) is 15.3. The van der Waals surface area contributed by atoms with Crippen LogP contribution in [0.15, 0.2) is 12.4 Å². The molecule has 2 rings (SSSR count). The molecule has 2 N–H and O–H groups in total. The largest absolute Gasteiger partial charge is 0.473 e. The number of rotatable bonds is 8. The van der Waals surface area contributed by atoms with E-state index in [-0.39, 0.29) is 12.6 Å². The van der Waals surface area contributed by atoms with Gasteiger partial charge in [0.25, 0.3) is 0 Å². The topological polar surface area (TPSA) is 80.2 Å². The number of aliphatic hydroxyl groups excluding tert-OH is 1. The van der Waals surface area contributed by atoms with Gasteiger partial charge in [-0.25, -0.2) is 4.98 Å². The Morgan fingerprint density at radius 2 is 2.30 bits per heavy atom. The van der Waals surface area contributed by atoms with E-state index in [1.54, 1.807) is 11.3 Å². The maximum Gasteiger partial charge on any atom is 0.245 e. The molecule has 0 saturated heterocycles. The van der Waals surface area contributed by atoms with Crippen molar-refractivity contribution < 1.29 is 9.84 Å². The summed E-state index contributed by atoms with van der Waals surface area (Å²) in [6, 6.07) is 0.121. The summed E-state index contributed by atoms with van der Waals surface area (Å²) in [5.74, 6) is 0.453. The highest BCUT2D eigenvalue weighted by Gasteiger charge is 2.12. The minimum Gasteiger partial charge on any atom is -0.473 e. The van der Waals surface area contributed by atoms with Gasteiger partial charge in [-0.15, -0.1) is 15.7 Å². The molecule has 0 fully saturated rings. The molecule has 110 valence electrons. The van der Waals surface area contributed by atoms with Crippen molar-refractivity contribution in [1.82, 2.24) is 19.0 Å². The summed E-state index contributed by atoms with van der Waals surface area (Å²) >= 11 is 2.78. The quantitative estimate of drug-likeness (QED) is 0.771. The van der Waals surface area contributed by atoms with Gasteiger partial charge in [-0.3, -0.25) is 0 Å². The third-order valence-corrected chi connectivity index (χ3v) is 4.50. The molecule has 2 unspecified atom stereocenters. The van der Waals surface area contributed by atoms with Crippen molar-refractivity contribution in [2.75, 3.05) is 13.2 Å². The predicted molar refractivity (Wildman–Crippen MR) is 79.3 cm³/mol. The highest BCUT2D eigenvalue weighted by Crippen LogP contribution is 2.20. The van der Waals surface area contributed by atoms with E-state index < -0.39 is 6.10 Å². The number of aliphatic hydroxyl groups is 1. The van der Waals surface area contributed by atoms with Crippen molar-refractivity contribution in [3.63, 3.8) is 0 Å². The van der Waals surface area contributed by atoms with Gasteiger partial charge < -0.3 is 15.2 Å². The van der Waals surface area contributed by atoms with Crippen LogP contribution in [-0.2, 0) is 6.42 Å². The Bertz CT molecular complexity index is 503. The van der Waals surface area contributed by atoms with Crippen LogP contribution in [0.3, 0.4) is 0 Å². The molecule has 0 saturated carbocycles. The van der Waals surface area contributed by atoms with Crippen LogP contribution in [0.5, 0.6) is 5.88 Å². The van der Waals surface area contributed by atoms with Crippen molar-refractivity contribution in [1.29, 1.82) is 0 Å². The zero-order chi connectivity index (χ0) is 14.4. The Hall–Kier alpha value is -1.09. The molecule has 0 aliphatic heterocycles. The van der Waals surface area contributed by atoms with Crippen molar-refractivity contribution >= 4 is 23.1 Å². The van der Waals surface area contributed by atoms with Crippen molar-refractivity contribution in [3.05, 3.63) is 22.3 Å². The second kappa shape index (κ2) is 7.63. The first-order chi connectivity index (χ1) is 9.69. The van der Waals surface area contributed by atoms with Crippen LogP contribution in [0.25, 0.3) is 0 Å². The Balaban J connectivity index is 1.70. The van der Waals surface area contributed by atoms with Crippen LogP contribution < -0.4 is 10.1 Å². The number of nitrogens with one attached hydrogen (secondary N) is 1. The second-order valence-electron chi connectivity index (χ2n) is 4.36. The van der Waals surface area contributed by atoms with E-state index in [0.29, 0.717) is 12.4 Å². The monoisotopic (exact) mass is 314 g/mol. The van der Waals surface area contributed by atoms with Crippen LogP contribution >= 0.6 is 23.1 Å². The smallest absolute Gasteiger partial charge is 0.245 e. The van der Waals surface area contributed by atoms with Crippen LogP contribution in [0.4, 0.5) is 0 Å². The highest BCUT2D eigenvalue weighted by atomic mass is 32.1. The summed E-state index contributed by atoms with van der Waals surface area (Å²) in [6.07, 6.45) is 3.86. The van der Waals surface area contributed by atoms with Gasteiger partial charge >= 0.3 is 0 Å². The lowest BCUT2D eigenvalue weighted by Gasteiger charge is -2.15. The molecule has 0 bridgehead atoms. The zero-order valence-corrected chi connectivity index (χ0v) is 13.1. The highest BCUT2D eigenvalue weighted by molar-refractivity contribution is 7.11. The molecule has 8 heteroatoms. The summed E-state index contributed by atoms with van der Waals surface area (Å²) in [4.78, 5) is 5.65. The molecule has 20 heavy (non-hydrogen) atoms. The summed E-state index contributed by atoms with van der Waals surface area (Å²) in [5, 5.41) is 14.1. The van der Waals surface area contributed by atoms with Gasteiger partial charge in [-0.05, 0) is 13.3 Å². The Morgan fingerprint density at radius 1 is 1.45 bits per heavy atom. The molecule has 0 radical (unpaired) electrons. The number of aryl methyl sites for hydroxylation is 1. The minimum absolute atomic E-state index is 0.121. The maximum atomic E-state index is 9.85. The molecule has 2 aromatic heterocycles. The van der Waals surface area contributed by atoms with E-state index in [4.69, 9.17) is 4.74 Å². The minimum atomic E-state index is -0.593. The van der Waals surface area contributed by atoms with Crippen LogP contribution in [0.2, 0.25) is 0 Å². The van der Waals surface area contributed by atoms with E-state index >= 15 is 0 Å². The van der Waals surface area contributed by atoms with Crippen LogP contribution in [-0.4, -0.2) is 38.1 Å². The van der Waals surface area contributed by atoms with Gasteiger partial charge in [0.15, 0.2) is 0 Å². The lowest BCUT2D eigenvalue weighted by atomic mass is 10.3. The Kier molecular flexibility index (Phi) is 5.84. The Labute approximate surface area is 126 Å². The molecule has 2 heterocycles. The molecular weight excluding hydrogens is 296 g/mol. The summed E-state index contributed by atoms with van der Waals surface area (Å²) in [7, 11) is 0. The number of thiazole rings is 1. The van der Waals surface area contributed by atoms with E-state index in [1.165, 1.54) is 11.1 Å². The zero-order valence-electron chi connectivity index (χ0n) is 11.4. The van der Waals surface area contributed by atoms with Crippen molar-refractivity contribution in [2.45, 2.75) is 32.4 Å². The summed E-state index contributed by atoms with van der Waals surface area (Å²) < 4.78 is 13.0. The van der Waals surface area contributed by atoms with Gasteiger partial charge in [-0.1, -0.05) is 6.92 Å². The predicted octanol–water partition coefficient (Wildman–Crippen LogP) is 1.65. The molecule has 0 spiro atoms. The van der Waals surface area contributed by atoms with Crippen molar-refractivity contribution in [2.24, 2.45) is 0 Å². The lowest BCUT2D eigenvalue weighted by Crippen LogP contribution is -2.33. The van der Waals surface area contributed by atoms with E-state index in [9.17, 15) is 5.11 Å². The fourth-order valence-corrected chi connectivity index (χ4v) is 2.80. The van der Waals surface area contributed by atoms with Gasteiger partial charge in [-0.2, -0.15) is 4.37 Å². The molecule has 0 aromatic carbocycles. The number of aromatic nitrogens is 3. The van der Waals surface area contributed by atoms with Crippen LogP contribution in [0.1, 0.15) is 29.8 Å². The number of ether oxygens (including phenoxy) is 1. The fraction of sp³-hybridized carbons (Fsp3) is 0.583. The summed E-state index contributed by atoms with van der Waals surface area (Å²) in [5.41, 5.74) is 0. The van der Waals surface area contributed by atoms with Crippen molar-refractivity contribution in [3.8, 4) is 5.88 Å². The first-order valence-corrected chi connectivity index (χ1v) is 8.00. The molecule has 0 aliphatic rings. The van der Waals surface area contributed by atoms with Gasteiger partial charge in [0.2, 0.25) is 5.88 Å². The lowest BCUT2D eigenvalue weighted by molar-refractivity contribution is 0.102. The fourth-order valence-electron chi connectivity index (χ4n) is 1.55. The average Bonchev–Trinajstić information content (AvgIpc) is 3.12. The van der Waals surface area contributed by atoms with Gasteiger partial charge in [0.1, 0.15) is 23.9 Å². The normalized spacial score (nSPS) is 14.2. The van der Waals surface area contributed by atoms with Crippen LogP contribution in [0, 0.1) is 0 Å².